The molecule has 1 aromatic heterocycles. The summed E-state index contributed by atoms with van der Waals surface area (Å²) in [4.78, 5) is 28.2. The van der Waals surface area contributed by atoms with Crippen LogP contribution < -0.4 is 5.56 Å². The summed E-state index contributed by atoms with van der Waals surface area (Å²) in [5, 5.41) is 10.8. The van der Waals surface area contributed by atoms with Gasteiger partial charge in [-0.1, -0.05) is 24.9 Å². The summed E-state index contributed by atoms with van der Waals surface area (Å²) in [6.07, 6.45) is 5.02. The fraction of sp³-hybridized carbons (Fsp3) is 0.625. The monoisotopic (exact) mass is 324 g/mol. The van der Waals surface area contributed by atoms with E-state index in [0.29, 0.717) is 24.6 Å². The first-order chi connectivity index (χ1) is 10.4. The average Bonchev–Trinajstić information content (AvgIpc) is 2.95. The summed E-state index contributed by atoms with van der Waals surface area (Å²) >= 11 is 5.80. The lowest BCUT2D eigenvalue weighted by atomic mass is 9.69. The molecule has 1 saturated heterocycles. The third kappa shape index (κ3) is 2.57. The topological polar surface area (TPSA) is 73.4 Å². The quantitative estimate of drug-likeness (QED) is 0.874. The van der Waals surface area contributed by atoms with Crippen LogP contribution in [-0.2, 0) is 0 Å². The molecule has 120 valence electrons. The van der Waals surface area contributed by atoms with Crippen LogP contribution in [0.5, 0.6) is 0 Å². The normalized spacial score (nSPS) is 31.1. The lowest BCUT2D eigenvalue weighted by molar-refractivity contribution is -0.0609. The zero-order valence-electron chi connectivity index (χ0n) is 12.6. The number of aliphatic hydroxyl groups is 1. The number of hydrogen-bond donors (Lipinski definition) is 2. The number of amides is 1. The number of likely N-dealkylation sites (tertiary alicyclic amines) is 1. The Bertz CT molecular complexity index is 645. The molecular formula is C16H21ClN2O3. The minimum atomic E-state index is -0.652. The third-order valence-corrected chi connectivity index (χ3v) is 5.60. The first-order valence-electron chi connectivity index (χ1n) is 7.84. The molecule has 22 heavy (non-hydrogen) atoms. The van der Waals surface area contributed by atoms with E-state index < -0.39 is 11.2 Å². The number of hydrogen-bond acceptors (Lipinski definition) is 3. The number of nitrogens with one attached hydrogen (secondary N) is 1. The highest BCUT2D eigenvalue weighted by Gasteiger charge is 2.48. The molecule has 1 aliphatic carbocycles. The van der Waals surface area contributed by atoms with Gasteiger partial charge in [0.05, 0.1) is 11.2 Å². The van der Waals surface area contributed by atoms with Crippen molar-refractivity contribution in [1.82, 2.24) is 9.88 Å². The van der Waals surface area contributed by atoms with Gasteiger partial charge in [0.1, 0.15) is 5.02 Å². The van der Waals surface area contributed by atoms with Crippen LogP contribution in [0.1, 0.15) is 43.0 Å². The third-order valence-electron chi connectivity index (χ3n) is 5.32. The van der Waals surface area contributed by atoms with Crippen molar-refractivity contribution in [2.45, 2.75) is 38.2 Å². The summed E-state index contributed by atoms with van der Waals surface area (Å²) < 4.78 is 0. The molecule has 2 heterocycles. The Hall–Kier alpha value is -1.33. The minimum absolute atomic E-state index is 0.0209. The fourth-order valence-electron chi connectivity index (χ4n) is 4.00. The highest BCUT2D eigenvalue weighted by molar-refractivity contribution is 6.30. The van der Waals surface area contributed by atoms with E-state index in [1.165, 1.54) is 12.3 Å². The highest BCUT2D eigenvalue weighted by atomic mass is 35.5. The van der Waals surface area contributed by atoms with Gasteiger partial charge in [-0.15, -0.1) is 0 Å². The predicted molar refractivity (Wildman–Crippen MR) is 84.0 cm³/mol. The summed E-state index contributed by atoms with van der Waals surface area (Å²) in [5.74, 6) is 0.375. The van der Waals surface area contributed by atoms with E-state index in [1.807, 2.05) is 6.92 Å². The van der Waals surface area contributed by atoms with Gasteiger partial charge in [-0.3, -0.25) is 9.59 Å². The molecular weight excluding hydrogens is 304 g/mol. The number of H-pyrrole nitrogens is 1. The van der Waals surface area contributed by atoms with Crippen LogP contribution in [0.15, 0.2) is 17.1 Å². The van der Waals surface area contributed by atoms with Crippen molar-refractivity contribution >= 4 is 17.5 Å². The Kier molecular flexibility index (Phi) is 4.03. The predicted octanol–water partition coefficient (Wildman–Crippen LogP) is 2.04. The Balaban J connectivity index is 1.80. The second kappa shape index (κ2) is 5.70. The SMILES string of the molecule is CC[C@@]1(O)CCC[C@@H]2CN(C(=O)c3c[nH]c(=O)c(Cl)c3)C[C@@H]21. The molecule has 5 nitrogen and oxygen atoms in total. The Morgan fingerprint density at radius 3 is 3.00 bits per heavy atom. The van der Waals surface area contributed by atoms with Gasteiger partial charge in [-0.05, 0) is 31.2 Å². The van der Waals surface area contributed by atoms with Crippen LogP contribution in [0.25, 0.3) is 0 Å². The van der Waals surface area contributed by atoms with Gasteiger partial charge >= 0.3 is 0 Å². The van der Waals surface area contributed by atoms with Crippen LogP contribution >= 0.6 is 11.6 Å². The maximum Gasteiger partial charge on any atom is 0.266 e. The van der Waals surface area contributed by atoms with E-state index in [4.69, 9.17) is 11.6 Å². The molecule has 1 saturated carbocycles. The molecule has 0 spiro atoms. The van der Waals surface area contributed by atoms with Crippen molar-refractivity contribution < 1.29 is 9.90 Å². The molecule has 0 unspecified atom stereocenters. The van der Waals surface area contributed by atoms with E-state index in [0.717, 1.165) is 25.7 Å². The summed E-state index contributed by atoms with van der Waals surface area (Å²) in [5.41, 5.74) is -0.655. The molecule has 0 bridgehead atoms. The van der Waals surface area contributed by atoms with Crippen LogP contribution in [0, 0.1) is 11.8 Å². The molecule has 3 rings (SSSR count). The number of fused-ring (bicyclic) bond motifs is 1. The van der Waals surface area contributed by atoms with Crippen molar-refractivity contribution in [3.63, 3.8) is 0 Å². The van der Waals surface area contributed by atoms with Crippen molar-refractivity contribution in [2.75, 3.05) is 13.1 Å². The van der Waals surface area contributed by atoms with Gasteiger partial charge in [0.15, 0.2) is 0 Å². The largest absolute Gasteiger partial charge is 0.390 e. The Labute approximate surface area is 134 Å². The van der Waals surface area contributed by atoms with E-state index in [9.17, 15) is 14.7 Å². The second-order valence-corrected chi connectivity index (χ2v) is 6.90. The summed E-state index contributed by atoms with van der Waals surface area (Å²) in [7, 11) is 0. The zero-order chi connectivity index (χ0) is 15.9. The zero-order valence-corrected chi connectivity index (χ0v) is 13.4. The standard InChI is InChI=1S/C16H21ClN2O3/c1-2-16(22)5-3-4-10-8-19(9-12(10)16)15(21)11-6-13(17)14(20)18-7-11/h6-7,10,12,22H,2-5,8-9H2,1H3,(H,18,20)/t10-,12+,16-/m1/s1. The Morgan fingerprint density at radius 1 is 1.55 bits per heavy atom. The van der Waals surface area contributed by atoms with Crippen LogP contribution in [-0.4, -0.2) is 39.6 Å². The number of aromatic nitrogens is 1. The molecule has 2 fully saturated rings. The number of aromatic amines is 1. The smallest absolute Gasteiger partial charge is 0.266 e. The van der Waals surface area contributed by atoms with Crippen molar-refractivity contribution in [1.29, 1.82) is 0 Å². The number of halogens is 1. The van der Waals surface area contributed by atoms with Crippen LogP contribution in [0.2, 0.25) is 5.02 Å². The lowest BCUT2D eigenvalue weighted by Crippen LogP contribution is -2.44. The molecule has 1 aromatic rings. The maximum atomic E-state index is 12.6. The van der Waals surface area contributed by atoms with Crippen molar-refractivity contribution in [2.24, 2.45) is 11.8 Å². The van der Waals surface area contributed by atoms with E-state index >= 15 is 0 Å². The average molecular weight is 325 g/mol. The fourth-order valence-corrected chi connectivity index (χ4v) is 4.17. The van der Waals surface area contributed by atoms with Gasteiger partial charge in [-0.25, -0.2) is 0 Å². The second-order valence-electron chi connectivity index (χ2n) is 6.49. The molecule has 0 aromatic carbocycles. The molecule has 1 amide bonds. The number of carbonyl (C=O) groups is 1. The molecule has 6 heteroatoms. The van der Waals surface area contributed by atoms with E-state index in [2.05, 4.69) is 4.98 Å². The van der Waals surface area contributed by atoms with Crippen LogP contribution in [0.4, 0.5) is 0 Å². The lowest BCUT2D eigenvalue weighted by Gasteiger charge is -2.40. The first-order valence-corrected chi connectivity index (χ1v) is 8.22. The number of pyridine rings is 1. The molecule has 2 aliphatic rings. The summed E-state index contributed by atoms with van der Waals surface area (Å²) in [6, 6.07) is 1.41. The van der Waals surface area contributed by atoms with Gasteiger partial charge in [-0.2, -0.15) is 0 Å². The molecule has 1 aliphatic heterocycles. The number of nitrogens with zero attached hydrogens (tertiary/aromatic N) is 1. The van der Waals surface area contributed by atoms with Gasteiger partial charge in [0, 0.05) is 25.2 Å². The number of carbonyl (C=O) groups excluding carboxylic acids is 1. The van der Waals surface area contributed by atoms with Gasteiger partial charge in [0.25, 0.3) is 11.5 Å². The van der Waals surface area contributed by atoms with E-state index in [1.54, 1.807) is 4.90 Å². The Morgan fingerprint density at radius 2 is 2.32 bits per heavy atom. The minimum Gasteiger partial charge on any atom is -0.390 e. The van der Waals surface area contributed by atoms with Crippen molar-refractivity contribution in [3.8, 4) is 0 Å². The maximum absolute atomic E-state index is 12.6. The molecule has 2 N–H and O–H groups in total. The molecule has 0 radical (unpaired) electrons. The summed E-state index contributed by atoms with van der Waals surface area (Å²) in [6.45, 7) is 3.25. The van der Waals surface area contributed by atoms with Crippen LogP contribution in [0.3, 0.4) is 0 Å². The highest BCUT2D eigenvalue weighted by Crippen LogP contribution is 2.44. The van der Waals surface area contributed by atoms with Gasteiger partial charge < -0.3 is 15.0 Å². The van der Waals surface area contributed by atoms with Gasteiger partial charge in [0.2, 0.25) is 0 Å². The first kappa shape index (κ1) is 15.6. The van der Waals surface area contributed by atoms with E-state index in [-0.39, 0.29) is 16.8 Å². The number of rotatable bonds is 2. The molecule has 3 atom stereocenters. The van der Waals surface area contributed by atoms with Crippen molar-refractivity contribution in [3.05, 3.63) is 33.2 Å².